The number of hydrogen-bond acceptors (Lipinski definition) is 5. The summed E-state index contributed by atoms with van der Waals surface area (Å²) in [6, 6.07) is 7.25. The number of unbranched alkanes of at least 4 members (excludes halogenated alkanes) is 2. The quantitative estimate of drug-likeness (QED) is 0.359. The highest BCUT2D eigenvalue weighted by Gasteiger charge is 2.80. The molecule has 7 atom stereocenters. The number of aliphatic hydroxyl groups excluding tert-OH is 1. The number of nitrogens with zero attached hydrogens (tertiary/aromatic N) is 2. The number of aliphatic hydroxyl groups is 1. The van der Waals surface area contributed by atoms with E-state index in [-0.39, 0.29) is 11.8 Å². The molecule has 3 unspecified atom stereocenters. The minimum absolute atomic E-state index is 0.157. The summed E-state index contributed by atoms with van der Waals surface area (Å²) in [6.07, 6.45) is 4.83. The van der Waals surface area contributed by atoms with Gasteiger partial charge in [-0.25, -0.2) is 0 Å². The molecule has 8 nitrogen and oxygen atoms in total. The molecule has 2 bridgehead atoms. The van der Waals surface area contributed by atoms with E-state index in [0.29, 0.717) is 25.1 Å². The zero-order valence-corrected chi connectivity index (χ0v) is 21.4. The maximum atomic E-state index is 14.3. The molecule has 196 valence electrons. The van der Waals surface area contributed by atoms with Gasteiger partial charge in [-0.05, 0) is 31.2 Å². The van der Waals surface area contributed by atoms with E-state index < -0.39 is 53.6 Å². The molecular formula is C28H38N2O6. The van der Waals surface area contributed by atoms with Gasteiger partial charge in [-0.1, -0.05) is 63.1 Å². The number of amides is 2. The smallest absolute Gasteiger partial charge is 0.310 e. The number of ether oxygens (including phenoxy) is 1. The van der Waals surface area contributed by atoms with E-state index >= 15 is 0 Å². The van der Waals surface area contributed by atoms with Crippen molar-refractivity contribution in [3.05, 3.63) is 48.6 Å². The summed E-state index contributed by atoms with van der Waals surface area (Å²) in [7, 11) is 0. The van der Waals surface area contributed by atoms with Gasteiger partial charge in [0, 0.05) is 13.1 Å². The highest BCUT2D eigenvalue weighted by molar-refractivity contribution is 5.98. The molecule has 3 saturated heterocycles. The first kappa shape index (κ1) is 26.4. The molecule has 3 aliphatic rings. The predicted octanol–water partition coefficient (Wildman–Crippen LogP) is 3.02. The van der Waals surface area contributed by atoms with Crippen LogP contribution in [0.15, 0.2) is 43.0 Å². The van der Waals surface area contributed by atoms with Crippen molar-refractivity contribution in [1.82, 2.24) is 9.80 Å². The molecule has 0 radical (unpaired) electrons. The number of likely N-dealkylation sites (tertiary alicyclic amines) is 1. The first-order chi connectivity index (χ1) is 17.2. The van der Waals surface area contributed by atoms with Gasteiger partial charge in [0.2, 0.25) is 11.8 Å². The van der Waals surface area contributed by atoms with Gasteiger partial charge in [-0.3, -0.25) is 14.4 Å². The lowest BCUT2D eigenvalue weighted by Gasteiger charge is -2.39. The van der Waals surface area contributed by atoms with Crippen LogP contribution in [0.25, 0.3) is 0 Å². The Balaban J connectivity index is 1.85. The molecule has 1 spiro atoms. The molecule has 4 rings (SSSR count). The zero-order chi connectivity index (χ0) is 26.3. The van der Waals surface area contributed by atoms with Crippen LogP contribution in [-0.2, 0) is 19.1 Å². The number of rotatable bonds is 11. The normalized spacial score (nSPS) is 33.4. The second-order valence-electron chi connectivity index (χ2n) is 10.7. The van der Waals surface area contributed by atoms with E-state index in [1.54, 1.807) is 30.0 Å². The maximum absolute atomic E-state index is 14.3. The maximum Gasteiger partial charge on any atom is 0.310 e. The van der Waals surface area contributed by atoms with E-state index in [1.807, 2.05) is 25.1 Å². The first-order valence-electron chi connectivity index (χ1n) is 13.0. The van der Waals surface area contributed by atoms with Crippen LogP contribution in [0.3, 0.4) is 0 Å². The van der Waals surface area contributed by atoms with E-state index in [4.69, 9.17) is 4.74 Å². The Labute approximate surface area is 212 Å². The zero-order valence-electron chi connectivity index (χ0n) is 21.4. The van der Waals surface area contributed by atoms with Gasteiger partial charge in [0.15, 0.2) is 0 Å². The number of carbonyl (C=O) groups excluding carboxylic acids is 2. The van der Waals surface area contributed by atoms with E-state index in [0.717, 1.165) is 19.3 Å². The number of carbonyl (C=O) groups is 3. The van der Waals surface area contributed by atoms with E-state index in [2.05, 4.69) is 13.5 Å². The Hall–Kier alpha value is -2.71. The Kier molecular flexibility index (Phi) is 7.30. The topological polar surface area (TPSA) is 107 Å². The van der Waals surface area contributed by atoms with Crippen LogP contribution in [0, 0.1) is 17.8 Å². The SMILES string of the molecule is C=CCN(CCCCC)C(=O)C1N([C@H](CO)c2ccccc2)C(=O)[C@@H]2[C@@H](C(=O)O)[C@]3(C)OC12CC3C. The summed E-state index contributed by atoms with van der Waals surface area (Å²) in [5, 5.41) is 20.7. The highest BCUT2D eigenvalue weighted by Crippen LogP contribution is 2.66. The molecular weight excluding hydrogens is 460 g/mol. The summed E-state index contributed by atoms with van der Waals surface area (Å²) in [6.45, 7) is 10.0. The minimum Gasteiger partial charge on any atom is -0.481 e. The van der Waals surface area contributed by atoms with Crippen molar-refractivity contribution in [2.45, 2.75) is 69.7 Å². The first-order valence-corrected chi connectivity index (χ1v) is 13.0. The van der Waals surface area contributed by atoms with Crippen molar-refractivity contribution in [2.24, 2.45) is 17.8 Å². The third-order valence-corrected chi connectivity index (χ3v) is 8.64. The number of hydrogen-bond donors (Lipinski definition) is 2. The minimum atomic E-state index is -1.27. The summed E-state index contributed by atoms with van der Waals surface area (Å²) < 4.78 is 6.58. The third kappa shape index (κ3) is 3.86. The van der Waals surface area contributed by atoms with E-state index in [1.165, 1.54) is 4.90 Å². The fourth-order valence-electron chi connectivity index (χ4n) is 6.87. The Morgan fingerprint density at radius 2 is 2.00 bits per heavy atom. The molecule has 0 saturated carbocycles. The van der Waals surface area contributed by atoms with Crippen LogP contribution >= 0.6 is 0 Å². The Bertz CT molecular complexity index is 1010. The average molecular weight is 499 g/mol. The standard InChI is InChI=1S/C28H38N2O6/c1-5-7-11-15-29(14-6-2)25(33)23-28-16-18(3)27(4,36-28)22(26(34)35)21(28)24(32)30(23)20(17-31)19-12-9-8-10-13-19/h6,8-10,12-13,18,20-23,31H,2,5,7,11,14-17H2,1,3-4H3,(H,34,35)/t18?,20-,21+,22+,23?,27-,28?/m1/s1. The van der Waals surface area contributed by atoms with Crippen LogP contribution in [0.5, 0.6) is 0 Å². The average Bonchev–Trinajstić information content (AvgIpc) is 3.36. The monoisotopic (exact) mass is 498 g/mol. The molecule has 2 N–H and O–H groups in total. The van der Waals surface area contributed by atoms with Crippen LogP contribution < -0.4 is 0 Å². The molecule has 2 amide bonds. The molecule has 1 aromatic rings. The molecule has 8 heteroatoms. The predicted molar refractivity (Wildman–Crippen MR) is 134 cm³/mol. The van der Waals surface area contributed by atoms with Crippen molar-refractivity contribution in [3.8, 4) is 0 Å². The van der Waals surface area contributed by atoms with Gasteiger partial charge in [0.05, 0.1) is 24.2 Å². The molecule has 0 aromatic heterocycles. The lowest BCUT2D eigenvalue weighted by atomic mass is 9.62. The van der Waals surface area contributed by atoms with Gasteiger partial charge in [-0.2, -0.15) is 0 Å². The largest absolute Gasteiger partial charge is 0.481 e. The lowest BCUT2D eigenvalue weighted by molar-refractivity contribution is -0.160. The fourth-order valence-corrected chi connectivity index (χ4v) is 6.87. The Morgan fingerprint density at radius 1 is 1.31 bits per heavy atom. The Morgan fingerprint density at radius 3 is 2.58 bits per heavy atom. The highest BCUT2D eigenvalue weighted by atomic mass is 16.5. The van der Waals surface area contributed by atoms with Crippen molar-refractivity contribution in [1.29, 1.82) is 0 Å². The van der Waals surface area contributed by atoms with Gasteiger partial charge in [0.1, 0.15) is 17.6 Å². The van der Waals surface area contributed by atoms with Gasteiger partial charge in [0.25, 0.3) is 0 Å². The number of benzene rings is 1. The van der Waals surface area contributed by atoms with Crippen molar-refractivity contribution >= 4 is 17.8 Å². The second-order valence-corrected chi connectivity index (χ2v) is 10.7. The van der Waals surface area contributed by atoms with Crippen molar-refractivity contribution < 1.29 is 29.3 Å². The summed E-state index contributed by atoms with van der Waals surface area (Å²) in [4.78, 5) is 44.1. The van der Waals surface area contributed by atoms with Crippen molar-refractivity contribution in [3.63, 3.8) is 0 Å². The van der Waals surface area contributed by atoms with Crippen LogP contribution in [-0.4, -0.2) is 74.7 Å². The molecule has 3 heterocycles. The number of carboxylic acid groups (broad SMARTS) is 1. The molecule has 36 heavy (non-hydrogen) atoms. The van der Waals surface area contributed by atoms with Gasteiger partial charge < -0.3 is 24.7 Å². The number of fused-ring (bicyclic) bond motifs is 1. The molecule has 3 aliphatic heterocycles. The number of aliphatic carboxylic acids is 1. The fraction of sp³-hybridized carbons (Fsp3) is 0.607. The summed E-state index contributed by atoms with van der Waals surface area (Å²) in [5.41, 5.74) is -1.63. The van der Waals surface area contributed by atoms with Crippen LogP contribution in [0.4, 0.5) is 0 Å². The summed E-state index contributed by atoms with van der Waals surface area (Å²) in [5.74, 6) is -4.04. The molecule has 3 fully saturated rings. The number of carboxylic acids is 1. The van der Waals surface area contributed by atoms with Crippen LogP contribution in [0.2, 0.25) is 0 Å². The third-order valence-electron chi connectivity index (χ3n) is 8.64. The second kappa shape index (κ2) is 9.98. The molecule has 1 aromatic carbocycles. The van der Waals surface area contributed by atoms with Gasteiger partial charge >= 0.3 is 5.97 Å². The lowest BCUT2D eigenvalue weighted by Crippen LogP contribution is -2.57. The van der Waals surface area contributed by atoms with Gasteiger partial charge in [-0.15, -0.1) is 6.58 Å². The van der Waals surface area contributed by atoms with E-state index in [9.17, 15) is 24.6 Å². The molecule has 0 aliphatic carbocycles. The van der Waals surface area contributed by atoms with Crippen LogP contribution in [0.1, 0.15) is 58.1 Å². The summed E-state index contributed by atoms with van der Waals surface area (Å²) >= 11 is 0. The van der Waals surface area contributed by atoms with Crippen molar-refractivity contribution in [2.75, 3.05) is 19.7 Å².